The van der Waals surface area contributed by atoms with E-state index in [1.54, 1.807) is 0 Å². The van der Waals surface area contributed by atoms with Crippen molar-refractivity contribution in [3.05, 3.63) is 0 Å². The van der Waals surface area contributed by atoms with Crippen molar-refractivity contribution >= 4 is 11.9 Å². The van der Waals surface area contributed by atoms with Gasteiger partial charge in [-0.2, -0.15) is 0 Å². The summed E-state index contributed by atoms with van der Waals surface area (Å²) in [6.07, 6.45) is -3.16. The summed E-state index contributed by atoms with van der Waals surface area (Å²) < 4.78 is 12.1. The molecule has 0 heterocycles. The van der Waals surface area contributed by atoms with Crippen molar-refractivity contribution in [2.45, 2.75) is 12.0 Å². The quantitative estimate of drug-likeness (QED) is 0.448. The number of carbonyl (C=O) groups excluding carboxylic acids is 2. The van der Waals surface area contributed by atoms with Crippen LogP contribution in [-0.2, 0) is 9.59 Å². The molecule has 0 radical (unpaired) electrons. The summed E-state index contributed by atoms with van der Waals surface area (Å²) in [6.45, 7) is 0. The Labute approximate surface area is 116 Å². The molecule has 0 saturated carbocycles. The number of aliphatic hydroxyl groups excluding tert-OH is 1. The van der Waals surface area contributed by atoms with Crippen LogP contribution in [0.25, 0.3) is 0 Å². The Morgan fingerprint density at radius 2 is 1.62 bits per heavy atom. The van der Waals surface area contributed by atoms with Gasteiger partial charge in [-0.15, -0.1) is 0 Å². The number of alkyl halides is 1. The van der Waals surface area contributed by atoms with Crippen LogP contribution in [0.3, 0.4) is 0 Å². The van der Waals surface area contributed by atoms with Crippen LogP contribution in [0, 0.1) is 0 Å². The van der Waals surface area contributed by atoms with Gasteiger partial charge in [-0.25, -0.2) is 4.39 Å². The molecule has 2 N–H and O–H groups in total. The van der Waals surface area contributed by atoms with Gasteiger partial charge in [-0.3, -0.25) is 0 Å². The van der Waals surface area contributed by atoms with Crippen molar-refractivity contribution in [1.82, 2.24) is 0 Å². The molecule has 13 heavy (non-hydrogen) atoms. The summed E-state index contributed by atoms with van der Waals surface area (Å²) >= 11 is 0. The van der Waals surface area contributed by atoms with E-state index < -0.39 is 23.9 Å². The number of aliphatic hydroxyl groups is 2. The van der Waals surface area contributed by atoms with Gasteiger partial charge in [0.1, 0.15) is 5.97 Å². The number of halogens is 1. The van der Waals surface area contributed by atoms with E-state index in [1.165, 1.54) is 0 Å². The predicted octanol–water partition coefficient (Wildman–Crippen LogP) is -10.5. The number of hydrogen-bond acceptors (Lipinski definition) is 6. The van der Waals surface area contributed by atoms with Crippen molar-refractivity contribution in [2.24, 2.45) is 0 Å². The number of aliphatic carboxylic acids is 2. The molecule has 6 nitrogen and oxygen atoms in total. The van der Waals surface area contributed by atoms with Gasteiger partial charge in [0.05, 0.1) is 5.97 Å². The normalized spacial score (nSPS) is 15.6. The maximum Gasteiger partial charge on any atom is 1.00 e. The molecule has 0 aliphatic carbocycles. The number of carbonyl (C=O) groups is 2. The Bertz CT molecular complexity index is 195. The average molecular weight is 212 g/mol. The van der Waals surface area contributed by atoms with Crippen LogP contribution in [0.1, 0.15) is 0 Å². The molecule has 0 spiro atoms. The summed E-state index contributed by atoms with van der Waals surface area (Å²) in [5, 5.41) is 35.3. The SMILES string of the molecule is O=C([O-])C(O)C(O)(F)C(=O)[O-].[Na+].[Na+]. The predicted molar refractivity (Wildman–Crippen MR) is 22.1 cm³/mol. The Hall–Kier alpha value is 0.790. The van der Waals surface area contributed by atoms with Gasteiger partial charge in [0.15, 0.2) is 6.10 Å². The fourth-order valence-electron chi connectivity index (χ4n) is 0.268. The first-order chi connectivity index (χ1) is 4.80. The van der Waals surface area contributed by atoms with E-state index in [2.05, 4.69) is 0 Å². The van der Waals surface area contributed by atoms with E-state index in [1.807, 2.05) is 0 Å². The summed E-state index contributed by atoms with van der Waals surface area (Å²) in [5.41, 5.74) is 0. The number of rotatable bonds is 3. The Morgan fingerprint density at radius 1 is 1.31 bits per heavy atom. The van der Waals surface area contributed by atoms with E-state index in [0.717, 1.165) is 0 Å². The van der Waals surface area contributed by atoms with E-state index >= 15 is 0 Å². The van der Waals surface area contributed by atoms with Crippen molar-refractivity contribution < 1.29 is 93.5 Å². The van der Waals surface area contributed by atoms with Crippen molar-refractivity contribution in [3.63, 3.8) is 0 Å². The molecule has 64 valence electrons. The monoisotopic (exact) mass is 212 g/mol. The minimum absolute atomic E-state index is 0. The molecule has 0 aromatic rings. The van der Waals surface area contributed by atoms with E-state index in [9.17, 15) is 24.2 Å². The van der Waals surface area contributed by atoms with Crippen LogP contribution >= 0.6 is 0 Å². The Kier molecular flexibility index (Phi) is 10.6. The van der Waals surface area contributed by atoms with Gasteiger partial charge in [0.25, 0.3) is 5.85 Å². The molecule has 0 bridgehead atoms. The van der Waals surface area contributed by atoms with E-state index in [0.29, 0.717) is 0 Å². The third kappa shape index (κ3) is 5.28. The average Bonchev–Trinajstić information content (AvgIpc) is 1.85. The van der Waals surface area contributed by atoms with Crippen LogP contribution in [0.4, 0.5) is 4.39 Å². The smallest absolute Gasteiger partial charge is 0.547 e. The largest absolute Gasteiger partial charge is 1.00 e. The van der Waals surface area contributed by atoms with Gasteiger partial charge in [-0.05, 0) is 0 Å². The first-order valence-corrected chi connectivity index (χ1v) is 2.31. The molecule has 0 amide bonds. The zero-order valence-corrected chi connectivity index (χ0v) is 11.0. The standard InChI is InChI=1S/C4H5FO6.2Na/c5-4(11,3(9)10)1(6)2(7)8;;/h1,6,11H,(H,7,8)(H,9,10);;/q;2*+1/p-2. The molecule has 0 aliphatic heterocycles. The van der Waals surface area contributed by atoms with E-state index in [4.69, 9.17) is 10.2 Å². The van der Waals surface area contributed by atoms with Crippen molar-refractivity contribution in [1.29, 1.82) is 0 Å². The number of carboxylic acid groups (broad SMARTS) is 2. The van der Waals surface area contributed by atoms with Crippen LogP contribution in [0.5, 0.6) is 0 Å². The molecule has 0 saturated heterocycles. The number of carboxylic acids is 2. The van der Waals surface area contributed by atoms with Gasteiger partial charge >= 0.3 is 59.1 Å². The van der Waals surface area contributed by atoms with Crippen LogP contribution < -0.4 is 69.3 Å². The zero-order chi connectivity index (χ0) is 9.23. The molecule has 0 rings (SSSR count). The molecule has 0 fully saturated rings. The first-order valence-electron chi connectivity index (χ1n) is 2.31. The fraction of sp³-hybridized carbons (Fsp3) is 0.500. The van der Waals surface area contributed by atoms with Crippen LogP contribution in [-0.4, -0.2) is 34.1 Å². The molecule has 0 aliphatic rings. The van der Waals surface area contributed by atoms with Crippen LogP contribution in [0.15, 0.2) is 0 Å². The third-order valence-corrected chi connectivity index (χ3v) is 0.872. The molecular weight excluding hydrogens is 209 g/mol. The maximum absolute atomic E-state index is 12.1. The zero-order valence-electron chi connectivity index (χ0n) is 6.98. The maximum atomic E-state index is 12.1. The minimum Gasteiger partial charge on any atom is -0.547 e. The number of hydrogen-bond donors (Lipinski definition) is 2. The van der Waals surface area contributed by atoms with Crippen LogP contribution in [0.2, 0.25) is 0 Å². The minimum atomic E-state index is -4.32. The van der Waals surface area contributed by atoms with Gasteiger partial charge in [-0.1, -0.05) is 0 Å². The first kappa shape index (κ1) is 19.4. The topological polar surface area (TPSA) is 121 Å². The van der Waals surface area contributed by atoms with E-state index in [-0.39, 0.29) is 59.1 Å². The molecule has 9 heteroatoms. The van der Waals surface area contributed by atoms with Gasteiger partial charge in [0, 0.05) is 0 Å². The van der Waals surface area contributed by atoms with Gasteiger partial charge in [0.2, 0.25) is 0 Å². The van der Waals surface area contributed by atoms with Gasteiger partial charge < -0.3 is 30.0 Å². The van der Waals surface area contributed by atoms with Crippen molar-refractivity contribution in [2.75, 3.05) is 0 Å². The summed E-state index contributed by atoms with van der Waals surface area (Å²) in [6, 6.07) is 0. The molecule has 2 atom stereocenters. The van der Waals surface area contributed by atoms with Crippen molar-refractivity contribution in [3.8, 4) is 0 Å². The third-order valence-electron chi connectivity index (χ3n) is 0.872. The summed E-state index contributed by atoms with van der Waals surface area (Å²) in [5.74, 6) is -9.51. The Balaban J connectivity index is -0.000000500. The summed E-state index contributed by atoms with van der Waals surface area (Å²) in [4.78, 5) is 19.2. The molecule has 0 aromatic carbocycles. The summed E-state index contributed by atoms with van der Waals surface area (Å²) in [7, 11) is 0. The molecule has 2 unspecified atom stereocenters. The molecule has 0 aromatic heterocycles. The second-order valence-corrected chi connectivity index (χ2v) is 1.68. The second-order valence-electron chi connectivity index (χ2n) is 1.68. The molecular formula is C4H3FNa2O6. The Morgan fingerprint density at radius 3 is 1.69 bits per heavy atom. The second kappa shape index (κ2) is 7.13. The fourth-order valence-corrected chi connectivity index (χ4v) is 0.268.